The first-order valence-electron chi connectivity index (χ1n) is 4.77. The van der Waals surface area contributed by atoms with Crippen molar-refractivity contribution in [3.63, 3.8) is 0 Å². The first-order valence-corrected chi connectivity index (χ1v) is 4.77. The molecular weight excluding hydrogens is 212 g/mol. The fourth-order valence-corrected chi connectivity index (χ4v) is 0.969. The molecule has 0 atom stereocenters. The average Bonchev–Trinajstić information content (AvgIpc) is 3.06. The van der Waals surface area contributed by atoms with Gasteiger partial charge in [-0.15, -0.1) is 0 Å². The van der Waals surface area contributed by atoms with Crippen LogP contribution < -0.4 is 10.6 Å². The van der Waals surface area contributed by atoms with Crippen molar-refractivity contribution in [2.24, 2.45) is 11.1 Å². The van der Waals surface area contributed by atoms with E-state index >= 15 is 0 Å². The molecule has 1 saturated carbocycles. The van der Waals surface area contributed by atoms with Gasteiger partial charge in [0.15, 0.2) is 0 Å². The number of hydrogen-bond donors (Lipinski definition) is 2. The van der Waals surface area contributed by atoms with Gasteiger partial charge in [0.1, 0.15) is 13.2 Å². The molecule has 2 N–H and O–H groups in total. The van der Waals surface area contributed by atoms with Gasteiger partial charge in [-0.1, -0.05) is 5.16 Å². The lowest BCUT2D eigenvalue weighted by molar-refractivity contribution is -0.113. The topological polar surface area (TPSA) is 104 Å². The Morgan fingerprint density at radius 1 is 1.56 bits per heavy atom. The van der Waals surface area contributed by atoms with Gasteiger partial charge in [-0.2, -0.15) is 5.26 Å². The van der Waals surface area contributed by atoms with Crippen LogP contribution in [0.1, 0.15) is 12.8 Å². The Morgan fingerprint density at radius 2 is 2.25 bits per heavy atom. The zero-order valence-corrected chi connectivity index (χ0v) is 8.82. The van der Waals surface area contributed by atoms with E-state index in [-0.39, 0.29) is 0 Å². The van der Waals surface area contributed by atoms with Gasteiger partial charge < -0.3 is 10.2 Å². The number of carbonyl (C=O) groups excluding carboxylic acids is 2. The maximum Gasteiger partial charge on any atom is 0.321 e. The highest BCUT2D eigenvalue weighted by Crippen LogP contribution is 2.27. The van der Waals surface area contributed by atoms with Crippen molar-refractivity contribution in [3.05, 3.63) is 0 Å². The van der Waals surface area contributed by atoms with Gasteiger partial charge in [0, 0.05) is 6.54 Å². The van der Waals surface area contributed by atoms with Crippen LogP contribution in [0, 0.1) is 17.2 Å². The summed E-state index contributed by atoms with van der Waals surface area (Å²) in [7, 11) is 1.21. The molecule has 1 aliphatic rings. The zero-order valence-electron chi connectivity index (χ0n) is 8.82. The first kappa shape index (κ1) is 12.0. The molecule has 1 rings (SSSR count). The Hall–Kier alpha value is -2.10. The highest BCUT2D eigenvalue weighted by atomic mass is 16.6. The maximum atomic E-state index is 11.2. The van der Waals surface area contributed by atoms with Crippen LogP contribution >= 0.6 is 0 Å². The molecule has 0 aromatic carbocycles. The highest BCUT2D eigenvalue weighted by molar-refractivity contribution is 6.46. The van der Waals surface area contributed by atoms with Crippen LogP contribution in [0.15, 0.2) is 5.16 Å². The molecule has 0 aromatic rings. The van der Waals surface area contributed by atoms with Crippen molar-refractivity contribution < 1.29 is 14.4 Å². The predicted octanol–water partition coefficient (Wildman–Crippen LogP) is -0.252. The standard InChI is InChI=1S/C9H12N4O3/c1-16-13-7(4-10)8(14)12-9(15)11-5-6-2-3-6/h6H,2-3,5H2,1H3,(H2,11,12,14,15). The lowest BCUT2D eigenvalue weighted by Gasteiger charge is -2.03. The van der Waals surface area contributed by atoms with Crippen LogP contribution in [0.5, 0.6) is 0 Å². The van der Waals surface area contributed by atoms with Crippen LogP contribution in [-0.4, -0.2) is 31.3 Å². The van der Waals surface area contributed by atoms with Gasteiger partial charge in [-0.05, 0) is 18.8 Å². The molecule has 0 spiro atoms. The minimum Gasteiger partial charge on any atom is -0.398 e. The van der Waals surface area contributed by atoms with Crippen LogP contribution in [0.4, 0.5) is 4.79 Å². The molecule has 0 aromatic heterocycles. The third-order valence-corrected chi connectivity index (χ3v) is 1.98. The zero-order chi connectivity index (χ0) is 12.0. The molecule has 0 saturated heterocycles. The summed E-state index contributed by atoms with van der Waals surface area (Å²) in [5.41, 5.74) is -0.496. The van der Waals surface area contributed by atoms with Crippen molar-refractivity contribution in [2.45, 2.75) is 12.8 Å². The monoisotopic (exact) mass is 224 g/mol. The SMILES string of the molecule is CON=C(C#N)C(=O)NC(=O)NCC1CC1. The molecule has 86 valence electrons. The summed E-state index contributed by atoms with van der Waals surface area (Å²) >= 11 is 0. The molecule has 0 unspecified atom stereocenters. The minimum absolute atomic E-state index is 0.496. The second-order valence-corrected chi connectivity index (χ2v) is 3.34. The second kappa shape index (κ2) is 5.70. The molecule has 3 amide bonds. The smallest absolute Gasteiger partial charge is 0.321 e. The minimum atomic E-state index is -0.877. The Bertz CT molecular complexity index is 354. The molecule has 0 radical (unpaired) electrons. The number of hydrogen-bond acceptors (Lipinski definition) is 5. The summed E-state index contributed by atoms with van der Waals surface area (Å²) in [6.45, 7) is 0.544. The molecule has 1 aliphatic carbocycles. The van der Waals surface area contributed by atoms with E-state index in [0.717, 1.165) is 12.8 Å². The maximum absolute atomic E-state index is 11.2. The Labute approximate surface area is 92.4 Å². The van der Waals surface area contributed by atoms with E-state index in [1.807, 2.05) is 5.32 Å². The van der Waals surface area contributed by atoms with E-state index in [9.17, 15) is 9.59 Å². The van der Waals surface area contributed by atoms with Crippen LogP contribution in [0.25, 0.3) is 0 Å². The summed E-state index contributed by atoms with van der Waals surface area (Å²) in [6, 6.07) is 0.890. The molecule has 0 bridgehead atoms. The number of amides is 3. The van der Waals surface area contributed by atoms with Crippen molar-refractivity contribution in [1.29, 1.82) is 5.26 Å². The summed E-state index contributed by atoms with van der Waals surface area (Å²) in [4.78, 5) is 26.7. The summed E-state index contributed by atoms with van der Waals surface area (Å²) in [5.74, 6) is -0.360. The summed E-state index contributed by atoms with van der Waals surface area (Å²) in [5, 5.41) is 16.2. The van der Waals surface area contributed by atoms with E-state index < -0.39 is 17.6 Å². The first-order chi connectivity index (χ1) is 7.67. The molecule has 7 nitrogen and oxygen atoms in total. The largest absolute Gasteiger partial charge is 0.398 e. The van der Waals surface area contributed by atoms with Gasteiger partial charge in [0.2, 0.25) is 5.71 Å². The number of oxime groups is 1. The Balaban J connectivity index is 2.34. The number of nitrogens with one attached hydrogen (secondary N) is 2. The van der Waals surface area contributed by atoms with E-state index in [2.05, 4.69) is 15.3 Å². The van der Waals surface area contributed by atoms with Gasteiger partial charge in [0.25, 0.3) is 5.91 Å². The molecule has 7 heteroatoms. The van der Waals surface area contributed by atoms with Crippen LogP contribution in [-0.2, 0) is 9.63 Å². The van der Waals surface area contributed by atoms with E-state index in [1.165, 1.54) is 13.2 Å². The summed E-state index contributed by atoms with van der Waals surface area (Å²) < 4.78 is 0. The number of nitrogens with zero attached hydrogens (tertiary/aromatic N) is 2. The van der Waals surface area contributed by atoms with Crippen LogP contribution in [0.2, 0.25) is 0 Å². The molecule has 0 heterocycles. The third kappa shape index (κ3) is 3.96. The molecular formula is C9H12N4O3. The average molecular weight is 224 g/mol. The van der Waals surface area contributed by atoms with Crippen molar-refractivity contribution in [2.75, 3.05) is 13.7 Å². The fourth-order valence-electron chi connectivity index (χ4n) is 0.969. The molecule has 0 aliphatic heterocycles. The number of imide groups is 1. The van der Waals surface area contributed by atoms with Gasteiger partial charge in [0.05, 0.1) is 0 Å². The van der Waals surface area contributed by atoms with Crippen LogP contribution in [0.3, 0.4) is 0 Å². The Morgan fingerprint density at radius 3 is 2.75 bits per heavy atom. The van der Waals surface area contributed by atoms with Gasteiger partial charge in [-0.25, -0.2) is 4.79 Å². The molecule has 16 heavy (non-hydrogen) atoms. The number of carbonyl (C=O) groups is 2. The quantitative estimate of drug-likeness (QED) is 0.507. The van der Waals surface area contributed by atoms with Gasteiger partial charge >= 0.3 is 6.03 Å². The predicted molar refractivity (Wildman–Crippen MR) is 54.3 cm³/mol. The molecule has 1 fully saturated rings. The number of urea groups is 1. The fraction of sp³-hybridized carbons (Fsp3) is 0.556. The van der Waals surface area contributed by atoms with E-state index in [0.29, 0.717) is 12.5 Å². The summed E-state index contributed by atoms with van der Waals surface area (Å²) in [6.07, 6.45) is 2.20. The number of rotatable bonds is 4. The van der Waals surface area contributed by atoms with Crippen molar-refractivity contribution in [3.8, 4) is 6.07 Å². The lowest BCUT2D eigenvalue weighted by atomic mass is 10.4. The van der Waals surface area contributed by atoms with E-state index in [4.69, 9.17) is 5.26 Å². The lowest BCUT2D eigenvalue weighted by Crippen LogP contribution is -2.43. The Kier molecular flexibility index (Phi) is 4.27. The number of nitriles is 1. The van der Waals surface area contributed by atoms with Crippen molar-refractivity contribution in [1.82, 2.24) is 10.6 Å². The van der Waals surface area contributed by atoms with E-state index in [1.54, 1.807) is 0 Å². The highest BCUT2D eigenvalue weighted by Gasteiger charge is 2.22. The normalized spacial score (nSPS) is 14.9. The van der Waals surface area contributed by atoms with Crippen molar-refractivity contribution >= 4 is 17.6 Å². The second-order valence-electron chi connectivity index (χ2n) is 3.34. The van der Waals surface area contributed by atoms with Gasteiger partial charge in [-0.3, -0.25) is 10.1 Å². The third-order valence-electron chi connectivity index (χ3n) is 1.98.